The van der Waals surface area contributed by atoms with Crippen molar-refractivity contribution in [1.82, 2.24) is 0 Å². The lowest BCUT2D eigenvalue weighted by Crippen LogP contribution is -2.09. The zero-order valence-corrected chi connectivity index (χ0v) is 13.9. The maximum atomic E-state index is 12.1. The van der Waals surface area contributed by atoms with Gasteiger partial charge < -0.3 is 15.4 Å². The first kappa shape index (κ1) is 17.3. The minimum Gasteiger partial charge on any atom is -0.495 e. The van der Waals surface area contributed by atoms with Crippen LogP contribution in [0.4, 0.5) is 11.4 Å². The second-order valence-corrected chi connectivity index (χ2v) is 5.33. The van der Waals surface area contributed by atoms with E-state index in [0.29, 0.717) is 17.1 Å². The molecule has 0 fully saturated rings. The van der Waals surface area contributed by atoms with Crippen LogP contribution in [0, 0.1) is 6.92 Å². The number of hydrogen-bond donors (Lipinski definition) is 2. The molecule has 0 aliphatic rings. The first-order valence-electron chi connectivity index (χ1n) is 7.49. The molecule has 5 nitrogen and oxygen atoms in total. The Kier molecular flexibility index (Phi) is 5.73. The molecule has 0 saturated carbocycles. The summed E-state index contributed by atoms with van der Waals surface area (Å²) in [4.78, 5) is 23.0. The van der Waals surface area contributed by atoms with E-state index in [1.54, 1.807) is 25.3 Å². The highest BCUT2D eigenvalue weighted by Crippen LogP contribution is 2.25. The van der Waals surface area contributed by atoms with Gasteiger partial charge in [0, 0.05) is 18.7 Å². The summed E-state index contributed by atoms with van der Waals surface area (Å²) in [7, 11) is 1.56. The number of methoxy groups -OCH3 is 1. The number of benzene rings is 2. The number of hydrogen-bond acceptors (Lipinski definition) is 3. The van der Waals surface area contributed by atoms with E-state index in [4.69, 9.17) is 4.74 Å². The Hall–Kier alpha value is -3.08. The van der Waals surface area contributed by atoms with Crippen molar-refractivity contribution in [3.05, 3.63) is 59.7 Å². The Bertz CT molecular complexity index is 765. The van der Waals surface area contributed by atoms with Gasteiger partial charge in [0.2, 0.25) is 11.8 Å². The monoisotopic (exact) mass is 324 g/mol. The molecular weight excluding hydrogens is 304 g/mol. The molecule has 2 aromatic rings. The van der Waals surface area contributed by atoms with Crippen molar-refractivity contribution >= 4 is 29.3 Å². The van der Waals surface area contributed by atoms with E-state index in [2.05, 4.69) is 10.6 Å². The van der Waals surface area contributed by atoms with Crippen molar-refractivity contribution in [3.63, 3.8) is 0 Å². The summed E-state index contributed by atoms with van der Waals surface area (Å²) in [6.45, 7) is 3.40. The predicted octanol–water partition coefficient (Wildman–Crippen LogP) is 3.61. The lowest BCUT2D eigenvalue weighted by atomic mass is 10.2. The Labute approximate surface area is 141 Å². The van der Waals surface area contributed by atoms with Gasteiger partial charge in [-0.3, -0.25) is 9.59 Å². The van der Waals surface area contributed by atoms with E-state index < -0.39 is 0 Å². The molecule has 0 atom stereocenters. The van der Waals surface area contributed by atoms with E-state index in [1.165, 1.54) is 13.0 Å². The van der Waals surface area contributed by atoms with Crippen LogP contribution in [0.1, 0.15) is 18.1 Å². The van der Waals surface area contributed by atoms with Crippen LogP contribution in [-0.4, -0.2) is 18.9 Å². The zero-order chi connectivity index (χ0) is 17.5. The smallest absolute Gasteiger partial charge is 0.248 e. The van der Waals surface area contributed by atoms with Crippen molar-refractivity contribution < 1.29 is 14.3 Å². The summed E-state index contributed by atoms with van der Waals surface area (Å²) in [6.07, 6.45) is 3.16. The topological polar surface area (TPSA) is 67.4 Å². The lowest BCUT2D eigenvalue weighted by molar-refractivity contribution is -0.114. The average Bonchev–Trinajstić information content (AvgIpc) is 2.54. The molecule has 2 N–H and O–H groups in total. The predicted molar refractivity (Wildman–Crippen MR) is 96.1 cm³/mol. The van der Waals surface area contributed by atoms with Crippen LogP contribution in [-0.2, 0) is 9.59 Å². The number of aryl methyl sites for hydroxylation is 1. The van der Waals surface area contributed by atoms with Gasteiger partial charge in [-0.05, 0) is 48.4 Å². The minimum absolute atomic E-state index is 0.121. The first-order chi connectivity index (χ1) is 11.5. The summed E-state index contributed by atoms with van der Waals surface area (Å²) < 4.78 is 5.24. The third-order valence-corrected chi connectivity index (χ3v) is 3.27. The van der Waals surface area contributed by atoms with Crippen molar-refractivity contribution in [1.29, 1.82) is 0 Å². The molecule has 124 valence electrons. The Morgan fingerprint density at radius 2 is 1.75 bits per heavy atom. The second kappa shape index (κ2) is 7.97. The van der Waals surface area contributed by atoms with E-state index in [0.717, 1.165) is 11.1 Å². The molecule has 2 rings (SSSR count). The summed E-state index contributed by atoms with van der Waals surface area (Å²) >= 11 is 0. The molecule has 0 bridgehead atoms. The highest BCUT2D eigenvalue weighted by atomic mass is 16.5. The van der Waals surface area contributed by atoms with Gasteiger partial charge in [0.05, 0.1) is 12.8 Å². The summed E-state index contributed by atoms with van der Waals surface area (Å²) in [5, 5.41) is 5.49. The van der Waals surface area contributed by atoms with E-state index in [9.17, 15) is 9.59 Å². The van der Waals surface area contributed by atoms with Crippen LogP contribution in [0.2, 0.25) is 0 Å². The third kappa shape index (κ3) is 4.98. The summed E-state index contributed by atoms with van der Waals surface area (Å²) in [6, 6.07) is 12.8. The SMILES string of the molecule is COc1ccc(C)cc1NC(=O)/C=C/c1ccc(NC(C)=O)cc1. The summed E-state index contributed by atoms with van der Waals surface area (Å²) in [5.74, 6) is 0.247. The van der Waals surface area contributed by atoms with Crippen molar-refractivity contribution in [2.45, 2.75) is 13.8 Å². The second-order valence-electron chi connectivity index (χ2n) is 5.33. The molecule has 24 heavy (non-hydrogen) atoms. The quantitative estimate of drug-likeness (QED) is 0.826. The Morgan fingerprint density at radius 3 is 2.38 bits per heavy atom. The fourth-order valence-corrected chi connectivity index (χ4v) is 2.15. The molecule has 0 radical (unpaired) electrons. The molecule has 0 aliphatic heterocycles. The Morgan fingerprint density at radius 1 is 1.04 bits per heavy atom. The molecular formula is C19H20N2O3. The number of ether oxygens (including phenoxy) is 1. The molecule has 0 unspecified atom stereocenters. The van der Waals surface area contributed by atoms with Gasteiger partial charge in [-0.25, -0.2) is 0 Å². The molecule has 0 saturated heterocycles. The number of amides is 2. The van der Waals surface area contributed by atoms with Crippen LogP contribution in [0.15, 0.2) is 48.5 Å². The van der Waals surface area contributed by atoms with Gasteiger partial charge in [-0.15, -0.1) is 0 Å². The van der Waals surface area contributed by atoms with Crippen LogP contribution in [0.5, 0.6) is 5.75 Å². The van der Waals surface area contributed by atoms with Crippen LogP contribution in [0.25, 0.3) is 6.08 Å². The van der Waals surface area contributed by atoms with Crippen molar-refractivity contribution in [3.8, 4) is 5.75 Å². The van der Waals surface area contributed by atoms with Gasteiger partial charge in [0.25, 0.3) is 0 Å². The van der Waals surface area contributed by atoms with Gasteiger partial charge in [-0.1, -0.05) is 18.2 Å². The number of carbonyl (C=O) groups excluding carboxylic acids is 2. The van der Waals surface area contributed by atoms with Gasteiger partial charge in [0.1, 0.15) is 5.75 Å². The van der Waals surface area contributed by atoms with Crippen LogP contribution in [0.3, 0.4) is 0 Å². The third-order valence-electron chi connectivity index (χ3n) is 3.27. The molecule has 2 amide bonds. The number of carbonyl (C=O) groups is 2. The number of nitrogens with one attached hydrogen (secondary N) is 2. The van der Waals surface area contributed by atoms with E-state index in [1.807, 2.05) is 37.3 Å². The van der Waals surface area contributed by atoms with Crippen molar-refractivity contribution in [2.24, 2.45) is 0 Å². The first-order valence-corrected chi connectivity index (χ1v) is 7.49. The highest BCUT2D eigenvalue weighted by molar-refractivity contribution is 6.02. The molecule has 0 heterocycles. The maximum absolute atomic E-state index is 12.1. The van der Waals surface area contributed by atoms with Gasteiger partial charge >= 0.3 is 0 Å². The minimum atomic E-state index is -0.246. The molecule has 0 aliphatic carbocycles. The van der Waals surface area contributed by atoms with Gasteiger partial charge in [-0.2, -0.15) is 0 Å². The van der Waals surface area contributed by atoms with Crippen molar-refractivity contribution in [2.75, 3.05) is 17.7 Å². The Balaban J connectivity index is 2.03. The standard InChI is InChI=1S/C19H20N2O3/c1-13-4-10-18(24-3)17(12-13)21-19(23)11-7-15-5-8-16(9-6-15)20-14(2)22/h4-12H,1-3H3,(H,20,22)(H,21,23)/b11-7+. The largest absolute Gasteiger partial charge is 0.495 e. The van der Waals surface area contributed by atoms with Crippen LogP contribution >= 0.6 is 0 Å². The van der Waals surface area contributed by atoms with E-state index in [-0.39, 0.29) is 11.8 Å². The maximum Gasteiger partial charge on any atom is 0.248 e. The zero-order valence-electron chi connectivity index (χ0n) is 13.9. The highest BCUT2D eigenvalue weighted by Gasteiger charge is 2.05. The number of anilines is 2. The average molecular weight is 324 g/mol. The number of rotatable bonds is 5. The van der Waals surface area contributed by atoms with Gasteiger partial charge in [0.15, 0.2) is 0 Å². The molecule has 0 aromatic heterocycles. The lowest BCUT2D eigenvalue weighted by Gasteiger charge is -2.09. The molecule has 0 spiro atoms. The summed E-state index contributed by atoms with van der Waals surface area (Å²) in [5.41, 5.74) is 3.24. The fourth-order valence-electron chi connectivity index (χ4n) is 2.15. The normalized spacial score (nSPS) is 10.5. The van der Waals surface area contributed by atoms with E-state index >= 15 is 0 Å². The fraction of sp³-hybridized carbons (Fsp3) is 0.158. The molecule has 2 aromatic carbocycles. The molecule has 5 heteroatoms. The van der Waals surface area contributed by atoms with Crippen LogP contribution < -0.4 is 15.4 Å².